The van der Waals surface area contributed by atoms with Gasteiger partial charge in [-0.2, -0.15) is 0 Å². The van der Waals surface area contributed by atoms with Crippen LogP contribution >= 0.6 is 0 Å². The molecule has 4 heterocycles. The molecule has 36 heavy (non-hydrogen) atoms. The van der Waals surface area contributed by atoms with E-state index >= 15 is 0 Å². The zero-order valence-electron chi connectivity index (χ0n) is 19.9. The van der Waals surface area contributed by atoms with Gasteiger partial charge in [-0.1, -0.05) is 24.8 Å². The van der Waals surface area contributed by atoms with Crippen molar-refractivity contribution in [3.05, 3.63) is 103 Å². The monoisotopic (exact) mass is 475 g/mol. The van der Waals surface area contributed by atoms with Gasteiger partial charge in [0.05, 0.1) is 7.11 Å². The topological polar surface area (TPSA) is 92.8 Å². The third-order valence-electron chi connectivity index (χ3n) is 6.02. The normalized spacial score (nSPS) is 10.8. The molecule has 7 nitrogen and oxygen atoms in total. The Morgan fingerprint density at radius 3 is 2.72 bits per heavy atom. The molecule has 4 aromatic heterocycles. The Morgan fingerprint density at radius 2 is 1.92 bits per heavy atom. The van der Waals surface area contributed by atoms with E-state index in [1.54, 1.807) is 7.11 Å². The molecular weight excluding hydrogens is 450 g/mol. The summed E-state index contributed by atoms with van der Waals surface area (Å²) < 4.78 is 5.44. The second-order valence-corrected chi connectivity index (χ2v) is 8.30. The van der Waals surface area contributed by atoms with Crippen molar-refractivity contribution in [1.82, 2.24) is 19.9 Å². The van der Waals surface area contributed by atoms with E-state index in [4.69, 9.17) is 4.74 Å². The number of aryl methyl sites for hydroxylation is 2. The van der Waals surface area contributed by atoms with Crippen LogP contribution in [-0.2, 0) is 17.6 Å². The van der Waals surface area contributed by atoms with E-state index in [0.29, 0.717) is 11.6 Å². The van der Waals surface area contributed by atoms with Crippen molar-refractivity contribution in [2.24, 2.45) is 0 Å². The van der Waals surface area contributed by atoms with Crippen LogP contribution in [0.4, 0.5) is 5.69 Å². The minimum Gasteiger partial charge on any atom is -0.481 e. The Bertz CT molecular complexity index is 1540. The second-order valence-electron chi connectivity index (χ2n) is 8.30. The zero-order valence-corrected chi connectivity index (χ0v) is 19.9. The first-order valence-corrected chi connectivity index (χ1v) is 11.6. The van der Waals surface area contributed by atoms with Crippen LogP contribution in [0.5, 0.6) is 5.88 Å². The maximum atomic E-state index is 11.7. The number of pyridine rings is 3. The van der Waals surface area contributed by atoms with Gasteiger partial charge in [0.2, 0.25) is 11.8 Å². The summed E-state index contributed by atoms with van der Waals surface area (Å²) in [5, 5.41) is 3.80. The Kier molecular flexibility index (Phi) is 6.53. The number of benzene rings is 1. The lowest BCUT2D eigenvalue weighted by Gasteiger charge is -2.11. The van der Waals surface area contributed by atoms with Gasteiger partial charge in [0, 0.05) is 58.7 Å². The van der Waals surface area contributed by atoms with E-state index in [-0.39, 0.29) is 5.91 Å². The second kappa shape index (κ2) is 10.2. The number of rotatable bonds is 8. The average molecular weight is 476 g/mol. The molecule has 0 aliphatic rings. The maximum Gasteiger partial charge on any atom is 0.247 e. The maximum absolute atomic E-state index is 11.7. The zero-order chi connectivity index (χ0) is 24.9. The molecule has 0 saturated carbocycles. The van der Waals surface area contributed by atoms with Crippen LogP contribution in [0.25, 0.3) is 33.3 Å². The largest absolute Gasteiger partial charge is 0.481 e. The van der Waals surface area contributed by atoms with Gasteiger partial charge in [0.1, 0.15) is 5.65 Å². The number of carbonyl (C=O) groups excluding carboxylic acids is 1. The lowest BCUT2D eigenvalue weighted by atomic mass is 9.97. The molecule has 0 bridgehead atoms. The van der Waals surface area contributed by atoms with Gasteiger partial charge in [0.25, 0.3) is 0 Å². The van der Waals surface area contributed by atoms with Crippen molar-refractivity contribution >= 4 is 22.6 Å². The highest BCUT2D eigenvalue weighted by Gasteiger charge is 2.15. The number of aromatic nitrogens is 4. The van der Waals surface area contributed by atoms with E-state index in [0.717, 1.165) is 57.4 Å². The minimum absolute atomic E-state index is 0.251. The first-order chi connectivity index (χ1) is 17.6. The van der Waals surface area contributed by atoms with Gasteiger partial charge in [-0.3, -0.25) is 9.78 Å². The highest BCUT2D eigenvalue weighted by Crippen LogP contribution is 2.35. The van der Waals surface area contributed by atoms with Crippen LogP contribution in [0, 0.1) is 0 Å². The predicted octanol–water partition coefficient (Wildman–Crippen LogP) is 5.61. The smallest absolute Gasteiger partial charge is 0.247 e. The molecule has 1 amide bonds. The number of aromatic amines is 1. The molecule has 0 aliphatic heterocycles. The van der Waals surface area contributed by atoms with Crippen LogP contribution in [0.3, 0.4) is 0 Å². The van der Waals surface area contributed by atoms with Crippen LogP contribution in [0.1, 0.15) is 11.3 Å². The van der Waals surface area contributed by atoms with Gasteiger partial charge in [-0.25, -0.2) is 9.97 Å². The summed E-state index contributed by atoms with van der Waals surface area (Å²) in [5.74, 6) is 0.300. The minimum atomic E-state index is -0.251. The quantitative estimate of drug-likeness (QED) is 0.285. The van der Waals surface area contributed by atoms with E-state index < -0.39 is 0 Å². The number of hydrogen-bond donors (Lipinski definition) is 2. The lowest BCUT2D eigenvalue weighted by molar-refractivity contribution is -0.111. The molecule has 5 aromatic rings. The molecule has 178 valence electrons. The number of H-pyrrole nitrogens is 1. The molecule has 0 unspecified atom stereocenters. The molecule has 2 N–H and O–H groups in total. The molecule has 0 atom stereocenters. The summed E-state index contributed by atoms with van der Waals surface area (Å²) >= 11 is 0. The standard InChI is InChI=1S/C29H25N5O2/c1-3-27(35)34-23-9-6-7-19(13-23)21-14-25-26(18-33-29(25)32-17-21)24-15-28(36-2)31-16-20(24)10-11-22-8-4-5-12-30-22/h3-9,12-18H,1,10-11H2,2H3,(H,32,33)(H,34,35). The Labute approximate surface area is 208 Å². The molecule has 0 saturated heterocycles. The lowest BCUT2D eigenvalue weighted by Crippen LogP contribution is -2.06. The summed E-state index contributed by atoms with van der Waals surface area (Å²) in [7, 11) is 1.62. The third kappa shape index (κ3) is 4.86. The van der Waals surface area contributed by atoms with Crippen molar-refractivity contribution in [1.29, 1.82) is 0 Å². The number of hydrogen-bond acceptors (Lipinski definition) is 5. The molecule has 0 radical (unpaired) electrons. The van der Waals surface area contributed by atoms with Crippen molar-refractivity contribution in [2.75, 3.05) is 12.4 Å². The van der Waals surface area contributed by atoms with Crippen LogP contribution in [0.15, 0.2) is 92.0 Å². The first-order valence-electron chi connectivity index (χ1n) is 11.6. The molecular formula is C29H25N5O2. The molecule has 7 heteroatoms. The highest BCUT2D eigenvalue weighted by molar-refractivity contribution is 6.00. The van der Waals surface area contributed by atoms with Crippen LogP contribution in [-0.4, -0.2) is 33.0 Å². The van der Waals surface area contributed by atoms with Gasteiger partial charge in [-0.05, 0) is 65.9 Å². The number of carbonyl (C=O) groups is 1. The molecule has 0 fully saturated rings. The van der Waals surface area contributed by atoms with Gasteiger partial charge in [0.15, 0.2) is 0 Å². The highest BCUT2D eigenvalue weighted by atomic mass is 16.5. The molecule has 5 rings (SSSR count). The summed E-state index contributed by atoms with van der Waals surface area (Å²) in [5.41, 5.74) is 7.56. The van der Waals surface area contributed by atoms with Gasteiger partial charge in [-0.15, -0.1) is 0 Å². The number of fused-ring (bicyclic) bond motifs is 1. The van der Waals surface area contributed by atoms with Gasteiger partial charge < -0.3 is 15.0 Å². The number of anilines is 1. The Hall–Kier alpha value is -4.78. The summed E-state index contributed by atoms with van der Waals surface area (Å²) in [6.07, 6.45) is 10.3. The van der Waals surface area contributed by atoms with Crippen molar-refractivity contribution in [2.45, 2.75) is 12.8 Å². The predicted molar refractivity (Wildman–Crippen MR) is 142 cm³/mol. The van der Waals surface area contributed by atoms with E-state index in [9.17, 15) is 4.79 Å². The number of methoxy groups -OCH3 is 1. The summed E-state index contributed by atoms with van der Waals surface area (Å²) in [6, 6.07) is 17.7. The summed E-state index contributed by atoms with van der Waals surface area (Å²) in [4.78, 5) is 28.6. The van der Waals surface area contributed by atoms with E-state index in [1.807, 2.05) is 73.3 Å². The van der Waals surface area contributed by atoms with Gasteiger partial charge >= 0.3 is 0 Å². The van der Waals surface area contributed by atoms with E-state index in [1.165, 1.54) is 6.08 Å². The molecule has 0 aliphatic carbocycles. The number of ether oxygens (including phenoxy) is 1. The first kappa shape index (κ1) is 23.0. The number of nitrogens with one attached hydrogen (secondary N) is 2. The fourth-order valence-electron chi connectivity index (χ4n) is 4.19. The van der Waals surface area contributed by atoms with E-state index in [2.05, 4.69) is 37.9 Å². The fraction of sp³-hybridized carbons (Fsp3) is 0.103. The SMILES string of the molecule is C=CC(=O)Nc1cccc(-c2cnc3[nH]cc(-c4cc(OC)ncc4CCc4ccccn4)c3c2)c1. The number of amides is 1. The Balaban J connectivity index is 1.54. The summed E-state index contributed by atoms with van der Waals surface area (Å²) in [6.45, 7) is 3.51. The van der Waals surface area contributed by atoms with Crippen molar-refractivity contribution in [3.8, 4) is 28.1 Å². The molecule has 1 aromatic carbocycles. The van der Waals surface area contributed by atoms with Crippen molar-refractivity contribution < 1.29 is 9.53 Å². The third-order valence-corrected chi connectivity index (χ3v) is 6.02. The average Bonchev–Trinajstić information content (AvgIpc) is 3.35. The number of nitrogens with zero attached hydrogens (tertiary/aromatic N) is 3. The molecule has 0 spiro atoms. The Morgan fingerprint density at radius 1 is 1.00 bits per heavy atom. The van der Waals surface area contributed by atoms with Crippen molar-refractivity contribution in [3.63, 3.8) is 0 Å². The van der Waals surface area contributed by atoms with Crippen LogP contribution in [0.2, 0.25) is 0 Å². The fourth-order valence-corrected chi connectivity index (χ4v) is 4.19. The van der Waals surface area contributed by atoms with Crippen LogP contribution < -0.4 is 10.1 Å².